The van der Waals surface area contributed by atoms with Gasteiger partial charge in [-0.05, 0) is 37.1 Å². The molecule has 1 atom stereocenters. The molecule has 1 aliphatic rings. The maximum Gasteiger partial charge on any atom is 0.267 e. The van der Waals surface area contributed by atoms with Gasteiger partial charge in [-0.2, -0.15) is 0 Å². The third kappa shape index (κ3) is 4.47. The number of aliphatic hydroxyl groups is 1. The highest BCUT2D eigenvalue weighted by molar-refractivity contribution is 5.92. The molecule has 1 aromatic carbocycles. The lowest BCUT2D eigenvalue weighted by molar-refractivity contribution is -0.133. The van der Waals surface area contributed by atoms with Gasteiger partial charge in [0.1, 0.15) is 11.8 Å². The lowest BCUT2D eigenvalue weighted by atomic mass is 10.1. The number of primary amides is 1. The maximum atomic E-state index is 11.3. The van der Waals surface area contributed by atoms with Gasteiger partial charge in [-0.1, -0.05) is 24.1 Å². The number of aryl methyl sites for hydroxylation is 1. The summed E-state index contributed by atoms with van der Waals surface area (Å²) in [5.74, 6) is 1.89. The van der Waals surface area contributed by atoms with Crippen molar-refractivity contribution in [3.8, 4) is 23.6 Å². The van der Waals surface area contributed by atoms with Gasteiger partial charge in [-0.25, -0.2) is 4.98 Å². The molecule has 1 fully saturated rings. The number of carbonyl (C=O) groups excluding carboxylic acids is 2. The quantitative estimate of drug-likeness (QED) is 0.798. The topological polar surface area (TPSA) is 96.5 Å². The van der Waals surface area contributed by atoms with Crippen LogP contribution < -0.4 is 5.73 Å². The zero-order valence-electron chi connectivity index (χ0n) is 14.8. The summed E-state index contributed by atoms with van der Waals surface area (Å²) in [6.45, 7) is 2.49. The van der Waals surface area contributed by atoms with Crippen LogP contribution in [-0.2, 0) is 4.79 Å². The molecule has 6 nitrogen and oxygen atoms in total. The van der Waals surface area contributed by atoms with Gasteiger partial charge in [0.15, 0.2) is 0 Å². The van der Waals surface area contributed by atoms with Crippen LogP contribution in [0.5, 0.6) is 0 Å². The fourth-order valence-electron chi connectivity index (χ4n) is 2.51. The minimum Gasteiger partial charge on any atom is -0.383 e. The Kier molecular flexibility index (Phi) is 6.10. The minimum absolute atomic E-state index is 0.148. The Morgan fingerprint density at radius 3 is 2.62 bits per heavy atom. The van der Waals surface area contributed by atoms with Crippen molar-refractivity contribution >= 4 is 11.8 Å². The second-order valence-electron chi connectivity index (χ2n) is 6.02. The first-order valence-corrected chi connectivity index (χ1v) is 8.11. The summed E-state index contributed by atoms with van der Waals surface area (Å²) in [5, 5.41) is 8.78. The Bertz CT molecular complexity index is 859. The number of hydrogen-bond donors (Lipinski definition) is 2. The largest absolute Gasteiger partial charge is 0.383 e. The number of likely N-dealkylation sites (N-methyl/N-ethyl adjacent to an activating group) is 1. The molecule has 3 N–H and O–H groups in total. The third-order valence-electron chi connectivity index (χ3n) is 4.05. The first kappa shape index (κ1) is 19.2. The zero-order chi connectivity index (χ0) is 19.3. The summed E-state index contributed by atoms with van der Waals surface area (Å²) in [7, 11) is 1.69. The summed E-state index contributed by atoms with van der Waals surface area (Å²) in [5.41, 5.74) is 8.67. The molecule has 0 radical (unpaired) electrons. The smallest absolute Gasteiger partial charge is 0.267 e. The normalized spacial score (nSPS) is 15.8. The van der Waals surface area contributed by atoms with E-state index in [2.05, 4.69) is 10.9 Å². The molecule has 6 heteroatoms. The van der Waals surface area contributed by atoms with Crippen molar-refractivity contribution < 1.29 is 14.7 Å². The number of amides is 2. The van der Waals surface area contributed by atoms with Crippen molar-refractivity contribution in [1.29, 1.82) is 0 Å². The fraction of sp³-hybridized carbons (Fsp3) is 0.250. The Balaban J connectivity index is 0.000000254. The predicted octanol–water partition coefficient (Wildman–Crippen LogP) is 1.35. The van der Waals surface area contributed by atoms with Crippen molar-refractivity contribution in [3.63, 3.8) is 0 Å². The van der Waals surface area contributed by atoms with E-state index in [-0.39, 0.29) is 5.91 Å². The molecule has 26 heavy (non-hydrogen) atoms. The summed E-state index contributed by atoms with van der Waals surface area (Å²) < 4.78 is 0. The number of pyridine rings is 1. The van der Waals surface area contributed by atoms with Crippen molar-refractivity contribution in [3.05, 3.63) is 53.2 Å². The summed E-state index contributed by atoms with van der Waals surface area (Å²) in [4.78, 5) is 27.6. The van der Waals surface area contributed by atoms with Crippen LogP contribution in [0.15, 0.2) is 36.4 Å². The first-order chi connectivity index (χ1) is 12.3. The van der Waals surface area contributed by atoms with Crippen LogP contribution >= 0.6 is 0 Å². The maximum absolute atomic E-state index is 11.3. The van der Waals surface area contributed by atoms with Crippen LogP contribution in [0.25, 0.3) is 11.3 Å². The fourth-order valence-corrected chi connectivity index (χ4v) is 2.51. The molecule has 2 amide bonds. The molecule has 1 aliphatic heterocycles. The molecule has 2 aromatic rings. The van der Waals surface area contributed by atoms with Crippen LogP contribution in [0, 0.1) is 19.3 Å². The standard InChI is InChI=1S/C15H12N2O.C5H9NO2/c1-3-11-5-4-6-12(9-11)13-8-7-10(2)14(17-13)15(16)18;1-6-3-2-4(7)5(6)8/h1,4-9H,2H3,(H2,16,18);4,7H,2-3H2,1H3/t;4-/m.0/s1. The number of hydrogen-bond acceptors (Lipinski definition) is 4. The average Bonchev–Trinajstić information content (AvgIpc) is 2.93. The van der Waals surface area contributed by atoms with E-state index in [0.29, 0.717) is 24.4 Å². The SMILES string of the molecule is C#Cc1cccc(-c2ccc(C)c(C(N)=O)n2)c1.CN1CC[C@H](O)C1=O. The number of carbonyl (C=O) groups is 2. The molecule has 1 saturated heterocycles. The minimum atomic E-state index is -0.722. The molecule has 0 spiro atoms. The average molecular weight is 351 g/mol. The Morgan fingerprint density at radius 2 is 2.12 bits per heavy atom. The van der Waals surface area contributed by atoms with E-state index in [0.717, 1.165) is 16.7 Å². The Morgan fingerprint density at radius 1 is 1.38 bits per heavy atom. The van der Waals surface area contributed by atoms with E-state index in [9.17, 15) is 9.59 Å². The van der Waals surface area contributed by atoms with Crippen molar-refractivity contribution in [2.24, 2.45) is 5.73 Å². The molecule has 2 heterocycles. The Hall–Kier alpha value is -3.17. The molecular weight excluding hydrogens is 330 g/mol. The van der Waals surface area contributed by atoms with Crippen LogP contribution in [0.4, 0.5) is 0 Å². The molecular formula is C20H21N3O3. The van der Waals surface area contributed by atoms with Gasteiger partial charge in [0, 0.05) is 24.7 Å². The number of aliphatic hydroxyl groups excluding tert-OH is 1. The van der Waals surface area contributed by atoms with Gasteiger partial charge in [0.25, 0.3) is 11.8 Å². The number of benzene rings is 1. The van der Waals surface area contributed by atoms with Gasteiger partial charge in [0.05, 0.1) is 5.69 Å². The van der Waals surface area contributed by atoms with Gasteiger partial charge in [-0.3, -0.25) is 9.59 Å². The third-order valence-corrected chi connectivity index (χ3v) is 4.05. The molecule has 1 aromatic heterocycles. The van der Waals surface area contributed by atoms with Crippen LogP contribution in [0.2, 0.25) is 0 Å². The van der Waals surface area contributed by atoms with Gasteiger partial charge in [0.2, 0.25) is 0 Å². The second-order valence-corrected chi connectivity index (χ2v) is 6.02. The lowest BCUT2D eigenvalue weighted by Crippen LogP contribution is -2.24. The number of aromatic nitrogens is 1. The van der Waals surface area contributed by atoms with E-state index in [4.69, 9.17) is 17.3 Å². The van der Waals surface area contributed by atoms with Crippen molar-refractivity contribution in [1.82, 2.24) is 9.88 Å². The monoisotopic (exact) mass is 351 g/mol. The van der Waals surface area contributed by atoms with Crippen LogP contribution in [-0.4, -0.2) is 46.5 Å². The van der Waals surface area contributed by atoms with Gasteiger partial charge < -0.3 is 15.7 Å². The molecule has 0 aliphatic carbocycles. The highest BCUT2D eigenvalue weighted by atomic mass is 16.3. The van der Waals surface area contributed by atoms with E-state index in [1.54, 1.807) is 14.0 Å². The van der Waals surface area contributed by atoms with E-state index in [1.807, 2.05) is 36.4 Å². The molecule has 0 unspecified atom stereocenters. The second kappa shape index (κ2) is 8.28. The number of likely N-dealkylation sites (tertiary alicyclic amines) is 1. The van der Waals surface area contributed by atoms with Crippen LogP contribution in [0.1, 0.15) is 28.0 Å². The summed E-state index contributed by atoms with van der Waals surface area (Å²) in [6, 6.07) is 11.1. The summed E-state index contributed by atoms with van der Waals surface area (Å²) >= 11 is 0. The molecule has 0 saturated carbocycles. The summed E-state index contributed by atoms with van der Waals surface area (Å²) in [6.07, 6.45) is 5.22. The Labute approximate surface area is 152 Å². The number of nitrogens with zero attached hydrogens (tertiary/aromatic N) is 2. The van der Waals surface area contributed by atoms with Gasteiger partial charge in [-0.15, -0.1) is 6.42 Å². The van der Waals surface area contributed by atoms with E-state index in [1.165, 1.54) is 4.90 Å². The van der Waals surface area contributed by atoms with E-state index >= 15 is 0 Å². The molecule has 134 valence electrons. The first-order valence-electron chi connectivity index (χ1n) is 8.11. The number of nitrogens with two attached hydrogens (primary N) is 1. The van der Waals surface area contributed by atoms with Gasteiger partial charge >= 0.3 is 0 Å². The molecule has 0 bridgehead atoms. The highest BCUT2D eigenvalue weighted by Crippen LogP contribution is 2.19. The molecule has 3 rings (SSSR count). The van der Waals surface area contributed by atoms with Crippen molar-refractivity contribution in [2.75, 3.05) is 13.6 Å². The van der Waals surface area contributed by atoms with E-state index < -0.39 is 12.0 Å². The van der Waals surface area contributed by atoms with Crippen molar-refractivity contribution in [2.45, 2.75) is 19.4 Å². The number of terminal acetylenes is 1. The zero-order valence-corrected chi connectivity index (χ0v) is 14.8. The highest BCUT2D eigenvalue weighted by Gasteiger charge is 2.25. The number of rotatable bonds is 2. The van der Waals surface area contributed by atoms with Crippen LogP contribution in [0.3, 0.4) is 0 Å². The lowest BCUT2D eigenvalue weighted by Gasteiger charge is -2.05. The predicted molar refractivity (Wildman–Crippen MR) is 99.1 cm³/mol.